The lowest BCUT2D eigenvalue weighted by molar-refractivity contribution is -0.117. The van der Waals surface area contributed by atoms with Gasteiger partial charge in [-0.2, -0.15) is 0 Å². The molecule has 1 aliphatic heterocycles. The normalized spacial score (nSPS) is 16.8. The van der Waals surface area contributed by atoms with Crippen molar-refractivity contribution in [2.45, 2.75) is 39.7 Å². The van der Waals surface area contributed by atoms with Gasteiger partial charge in [-0.05, 0) is 57.9 Å². The highest BCUT2D eigenvalue weighted by Crippen LogP contribution is 2.35. The van der Waals surface area contributed by atoms with Crippen LogP contribution in [0.3, 0.4) is 0 Å². The van der Waals surface area contributed by atoms with Crippen LogP contribution in [0.4, 0.5) is 5.00 Å². The van der Waals surface area contributed by atoms with Gasteiger partial charge < -0.3 is 14.6 Å². The standard InChI is InChI=1S/C21H27N3O4S/c1-5-28-21(27)18-13(2)19(14(3)25)29-20(18)22-17(26)12-24-11-7-9-16(24)15-8-6-10-23(15)4/h6,8,10,16H,5,7,9,11-12H2,1-4H3,(H,22,26)/t16-/m1/s1. The second-order valence-electron chi connectivity index (χ2n) is 7.26. The fraction of sp³-hybridized carbons (Fsp3) is 0.476. The topological polar surface area (TPSA) is 80.6 Å². The zero-order valence-corrected chi connectivity index (χ0v) is 18.1. The Bertz CT molecular complexity index is 931. The maximum absolute atomic E-state index is 12.8. The number of nitrogens with zero attached hydrogens (tertiary/aromatic N) is 2. The Balaban J connectivity index is 1.78. The SMILES string of the molecule is CCOC(=O)c1c(NC(=O)CN2CCC[C@@H]2c2cccn2C)sc(C(C)=O)c1C. The summed E-state index contributed by atoms with van der Waals surface area (Å²) in [7, 11) is 2.01. The Morgan fingerprint density at radius 2 is 2.10 bits per heavy atom. The molecule has 1 aliphatic rings. The summed E-state index contributed by atoms with van der Waals surface area (Å²) in [4.78, 5) is 39.7. The highest BCUT2D eigenvalue weighted by atomic mass is 32.1. The van der Waals surface area contributed by atoms with Gasteiger partial charge in [0.1, 0.15) is 5.00 Å². The molecule has 0 unspecified atom stereocenters. The van der Waals surface area contributed by atoms with Crippen LogP contribution in [0.25, 0.3) is 0 Å². The molecule has 0 radical (unpaired) electrons. The number of ether oxygens (including phenoxy) is 1. The van der Waals surface area contributed by atoms with Crippen molar-refractivity contribution < 1.29 is 19.1 Å². The van der Waals surface area contributed by atoms with E-state index in [1.165, 1.54) is 12.6 Å². The van der Waals surface area contributed by atoms with Crippen LogP contribution in [0.1, 0.15) is 64.0 Å². The highest BCUT2D eigenvalue weighted by Gasteiger charge is 2.30. The van der Waals surface area contributed by atoms with Crippen molar-refractivity contribution in [3.63, 3.8) is 0 Å². The molecule has 1 fully saturated rings. The molecule has 0 saturated carbocycles. The van der Waals surface area contributed by atoms with Gasteiger partial charge in [0.2, 0.25) is 5.91 Å². The number of aryl methyl sites for hydroxylation is 1. The Kier molecular flexibility index (Phi) is 6.54. The summed E-state index contributed by atoms with van der Waals surface area (Å²) >= 11 is 1.13. The van der Waals surface area contributed by atoms with Crippen molar-refractivity contribution in [2.24, 2.45) is 7.05 Å². The van der Waals surface area contributed by atoms with Crippen molar-refractivity contribution in [1.29, 1.82) is 0 Å². The van der Waals surface area contributed by atoms with Crippen LogP contribution in [-0.4, -0.2) is 46.8 Å². The number of Topliss-reactive ketones (excluding diaryl/α,β-unsaturated/α-hetero) is 1. The molecular weight excluding hydrogens is 390 g/mol. The van der Waals surface area contributed by atoms with E-state index in [4.69, 9.17) is 4.74 Å². The predicted molar refractivity (Wildman–Crippen MR) is 113 cm³/mol. The Labute approximate surface area is 174 Å². The Hall–Kier alpha value is -2.45. The smallest absolute Gasteiger partial charge is 0.341 e. The van der Waals surface area contributed by atoms with Gasteiger partial charge in [0, 0.05) is 18.9 Å². The third-order valence-corrected chi connectivity index (χ3v) is 6.54. The summed E-state index contributed by atoms with van der Waals surface area (Å²) in [6.07, 6.45) is 4.05. The minimum atomic E-state index is -0.521. The van der Waals surface area contributed by atoms with Crippen molar-refractivity contribution in [3.05, 3.63) is 40.0 Å². The summed E-state index contributed by atoms with van der Waals surface area (Å²) in [5.74, 6) is -0.859. The van der Waals surface area contributed by atoms with Crippen LogP contribution in [0.5, 0.6) is 0 Å². The molecule has 29 heavy (non-hydrogen) atoms. The fourth-order valence-electron chi connectivity index (χ4n) is 3.91. The number of likely N-dealkylation sites (tertiary alicyclic amines) is 1. The molecule has 2 aromatic rings. The maximum atomic E-state index is 12.8. The van der Waals surface area contributed by atoms with Crippen LogP contribution in [0.2, 0.25) is 0 Å². The second kappa shape index (κ2) is 8.92. The van der Waals surface area contributed by atoms with Crippen molar-refractivity contribution in [2.75, 3.05) is 25.0 Å². The summed E-state index contributed by atoms with van der Waals surface area (Å²) in [6, 6.07) is 4.29. The largest absolute Gasteiger partial charge is 0.462 e. The molecule has 156 valence electrons. The second-order valence-corrected chi connectivity index (χ2v) is 8.28. The van der Waals surface area contributed by atoms with Gasteiger partial charge >= 0.3 is 5.97 Å². The fourth-order valence-corrected chi connectivity index (χ4v) is 5.01. The minimum Gasteiger partial charge on any atom is -0.462 e. The lowest BCUT2D eigenvalue weighted by Crippen LogP contribution is -2.33. The molecule has 0 spiro atoms. The van der Waals surface area contributed by atoms with Gasteiger partial charge in [0.25, 0.3) is 0 Å². The van der Waals surface area contributed by atoms with Crippen LogP contribution in [-0.2, 0) is 16.6 Å². The van der Waals surface area contributed by atoms with Crippen LogP contribution in [0, 0.1) is 6.92 Å². The highest BCUT2D eigenvalue weighted by molar-refractivity contribution is 7.18. The number of hydrogen-bond donors (Lipinski definition) is 1. The molecule has 1 atom stereocenters. The maximum Gasteiger partial charge on any atom is 0.341 e. The van der Waals surface area contributed by atoms with E-state index in [0.717, 1.165) is 30.7 Å². The van der Waals surface area contributed by atoms with Gasteiger partial charge in [0.05, 0.1) is 29.6 Å². The molecule has 7 nitrogen and oxygen atoms in total. The monoisotopic (exact) mass is 417 g/mol. The van der Waals surface area contributed by atoms with Gasteiger partial charge in [-0.15, -0.1) is 11.3 Å². The number of nitrogens with one attached hydrogen (secondary N) is 1. The molecule has 3 heterocycles. The van der Waals surface area contributed by atoms with Crippen LogP contribution >= 0.6 is 11.3 Å². The molecule has 0 aromatic carbocycles. The number of thiophene rings is 1. The van der Waals surface area contributed by atoms with Crippen LogP contribution < -0.4 is 5.32 Å². The van der Waals surface area contributed by atoms with Gasteiger partial charge in [-0.3, -0.25) is 14.5 Å². The lowest BCUT2D eigenvalue weighted by atomic mass is 10.1. The first kappa shape index (κ1) is 21.3. The number of rotatable bonds is 7. The van der Waals surface area contributed by atoms with E-state index in [-0.39, 0.29) is 36.4 Å². The van der Waals surface area contributed by atoms with Crippen LogP contribution in [0.15, 0.2) is 18.3 Å². The average Bonchev–Trinajstić information content (AvgIpc) is 3.34. The lowest BCUT2D eigenvalue weighted by Gasteiger charge is -2.24. The number of esters is 1. The molecule has 1 N–H and O–H groups in total. The first-order chi connectivity index (χ1) is 13.8. The minimum absolute atomic E-state index is 0.137. The Morgan fingerprint density at radius 3 is 2.72 bits per heavy atom. The molecule has 0 aliphatic carbocycles. The molecular formula is C21H27N3O4S. The number of amides is 1. The number of anilines is 1. The summed E-state index contributed by atoms with van der Waals surface area (Å²) < 4.78 is 7.21. The average molecular weight is 418 g/mol. The van der Waals surface area contributed by atoms with Crippen molar-refractivity contribution in [3.8, 4) is 0 Å². The molecule has 8 heteroatoms. The van der Waals surface area contributed by atoms with E-state index in [1.807, 2.05) is 19.3 Å². The zero-order valence-electron chi connectivity index (χ0n) is 17.3. The number of ketones is 1. The molecule has 1 amide bonds. The summed E-state index contributed by atoms with van der Waals surface area (Å²) in [5, 5.41) is 3.23. The number of carbonyl (C=O) groups is 3. The van der Waals surface area contributed by atoms with Gasteiger partial charge in [-0.25, -0.2) is 4.79 Å². The van der Waals surface area contributed by atoms with E-state index in [1.54, 1.807) is 13.8 Å². The van der Waals surface area contributed by atoms with E-state index in [0.29, 0.717) is 15.4 Å². The molecule has 2 aromatic heterocycles. The van der Waals surface area contributed by atoms with Gasteiger partial charge in [-0.1, -0.05) is 0 Å². The molecule has 0 bridgehead atoms. The van der Waals surface area contributed by atoms with Crippen molar-refractivity contribution in [1.82, 2.24) is 9.47 Å². The van der Waals surface area contributed by atoms with E-state index < -0.39 is 5.97 Å². The predicted octanol–water partition coefficient (Wildman–Crippen LogP) is 3.55. The Morgan fingerprint density at radius 1 is 1.34 bits per heavy atom. The molecule has 3 rings (SSSR count). The number of carbonyl (C=O) groups excluding carboxylic acids is 3. The van der Waals surface area contributed by atoms with E-state index in [9.17, 15) is 14.4 Å². The van der Waals surface area contributed by atoms with E-state index >= 15 is 0 Å². The first-order valence-corrected chi connectivity index (χ1v) is 10.6. The third-order valence-electron chi connectivity index (χ3n) is 5.23. The number of hydrogen-bond acceptors (Lipinski definition) is 6. The summed E-state index contributed by atoms with van der Waals surface area (Å²) in [5.41, 5.74) is 2.02. The first-order valence-electron chi connectivity index (χ1n) is 9.80. The molecule has 1 saturated heterocycles. The van der Waals surface area contributed by atoms with E-state index in [2.05, 4.69) is 20.9 Å². The third kappa shape index (κ3) is 4.43. The zero-order chi connectivity index (χ0) is 21.1. The quantitative estimate of drug-likeness (QED) is 0.550. The summed E-state index contributed by atoms with van der Waals surface area (Å²) in [6.45, 7) is 6.18. The number of aromatic nitrogens is 1. The van der Waals surface area contributed by atoms with Crippen molar-refractivity contribution >= 4 is 34.0 Å². The van der Waals surface area contributed by atoms with Gasteiger partial charge in [0.15, 0.2) is 5.78 Å².